The van der Waals surface area contributed by atoms with Crippen LogP contribution in [0.4, 0.5) is 0 Å². The number of ether oxygens (including phenoxy) is 2. The van der Waals surface area contributed by atoms with Crippen molar-refractivity contribution in [3.63, 3.8) is 0 Å². The van der Waals surface area contributed by atoms with Crippen LogP contribution in [-0.2, 0) is 13.0 Å². The highest BCUT2D eigenvalue weighted by molar-refractivity contribution is 5.94. The summed E-state index contributed by atoms with van der Waals surface area (Å²) in [4.78, 5) is 27.0. The summed E-state index contributed by atoms with van der Waals surface area (Å²) in [5, 5.41) is 0. The number of pyridine rings is 1. The second-order valence-electron chi connectivity index (χ2n) is 8.04. The lowest BCUT2D eigenvalue weighted by Gasteiger charge is -2.40. The molecule has 1 amide bonds. The molecule has 148 valence electrons. The van der Waals surface area contributed by atoms with Crippen molar-refractivity contribution in [2.45, 2.75) is 39.7 Å². The minimum Gasteiger partial charge on any atom is -0.454 e. The lowest BCUT2D eigenvalue weighted by atomic mass is 9.76. The maximum absolute atomic E-state index is 13.0. The van der Waals surface area contributed by atoms with Gasteiger partial charge in [0.05, 0.1) is 0 Å². The first kappa shape index (κ1) is 18.6. The summed E-state index contributed by atoms with van der Waals surface area (Å²) in [6.07, 6.45) is 4.58. The van der Waals surface area contributed by atoms with Crippen LogP contribution in [0.25, 0.3) is 0 Å². The van der Waals surface area contributed by atoms with Crippen molar-refractivity contribution in [1.82, 2.24) is 9.47 Å². The number of carbonyl (C=O) groups is 1. The van der Waals surface area contributed by atoms with Crippen molar-refractivity contribution in [3.8, 4) is 11.5 Å². The number of benzene rings is 1. The molecule has 28 heavy (non-hydrogen) atoms. The minimum absolute atomic E-state index is 0.0139. The molecule has 0 bridgehead atoms. The van der Waals surface area contributed by atoms with Crippen molar-refractivity contribution < 1.29 is 14.3 Å². The molecule has 1 saturated heterocycles. The van der Waals surface area contributed by atoms with E-state index >= 15 is 0 Å². The summed E-state index contributed by atoms with van der Waals surface area (Å²) in [6.45, 7) is 6.42. The van der Waals surface area contributed by atoms with Gasteiger partial charge in [0.1, 0.15) is 0 Å². The van der Waals surface area contributed by atoms with E-state index in [1.54, 1.807) is 16.8 Å². The number of rotatable bonds is 4. The highest BCUT2D eigenvalue weighted by atomic mass is 16.7. The second-order valence-corrected chi connectivity index (χ2v) is 8.04. The monoisotopic (exact) mass is 382 g/mol. The van der Waals surface area contributed by atoms with Gasteiger partial charge in [-0.2, -0.15) is 0 Å². The van der Waals surface area contributed by atoms with Gasteiger partial charge in [-0.3, -0.25) is 9.59 Å². The van der Waals surface area contributed by atoms with Gasteiger partial charge in [0.15, 0.2) is 11.5 Å². The Morgan fingerprint density at radius 1 is 1.18 bits per heavy atom. The van der Waals surface area contributed by atoms with Crippen LogP contribution in [0.2, 0.25) is 0 Å². The van der Waals surface area contributed by atoms with Crippen LogP contribution in [0.3, 0.4) is 0 Å². The van der Waals surface area contributed by atoms with E-state index in [-0.39, 0.29) is 23.7 Å². The van der Waals surface area contributed by atoms with Gasteiger partial charge in [-0.05, 0) is 55.4 Å². The number of aromatic nitrogens is 1. The Morgan fingerprint density at radius 2 is 2.00 bits per heavy atom. The summed E-state index contributed by atoms with van der Waals surface area (Å²) in [7, 11) is 0. The molecule has 1 fully saturated rings. The van der Waals surface area contributed by atoms with Crippen LogP contribution in [0.5, 0.6) is 11.5 Å². The van der Waals surface area contributed by atoms with Crippen molar-refractivity contribution in [3.05, 3.63) is 58.0 Å². The number of piperidine rings is 1. The molecule has 0 N–H and O–H groups in total. The van der Waals surface area contributed by atoms with Crippen molar-refractivity contribution in [2.75, 3.05) is 19.9 Å². The summed E-state index contributed by atoms with van der Waals surface area (Å²) in [5.74, 6) is 1.52. The third kappa shape index (κ3) is 3.63. The third-order valence-electron chi connectivity index (χ3n) is 5.72. The van der Waals surface area contributed by atoms with E-state index in [9.17, 15) is 9.59 Å². The zero-order valence-corrected chi connectivity index (χ0v) is 16.4. The van der Waals surface area contributed by atoms with E-state index in [0.717, 1.165) is 37.3 Å². The van der Waals surface area contributed by atoms with Gasteiger partial charge in [0.2, 0.25) is 6.79 Å². The predicted molar refractivity (Wildman–Crippen MR) is 106 cm³/mol. The number of aryl methyl sites for hydroxylation is 1. The number of hydrogen-bond donors (Lipinski definition) is 0. The van der Waals surface area contributed by atoms with Gasteiger partial charge in [-0.15, -0.1) is 0 Å². The SMILES string of the molecule is CCn1ccc(C(=O)N2CCC[C@](C)(Cc3ccc4c(c3)OCO4)C2)cc1=O. The van der Waals surface area contributed by atoms with Gasteiger partial charge in [-0.25, -0.2) is 0 Å². The highest BCUT2D eigenvalue weighted by Gasteiger charge is 2.34. The van der Waals surface area contributed by atoms with Crippen LogP contribution in [-0.4, -0.2) is 35.3 Å². The summed E-state index contributed by atoms with van der Waals surface area (Å²) >= 11 is 0. The molecule has 0 radical (unpaired) electrons. The number of amides is 1. The summed E-state index contributed by atoms with van der Waals surface area (Å²) in [6, 6.07) is 9.27. The third-order valence-corrected chi connectivity index (χ3v) is 5.72. The molecule has 0 aliphatic carbocycles. The van der Waals surface area contributed by atoms with E-state index in [1.807, 2.05) is 24.0 Å². The zero-order chi connectivity index (χ0) is 19.7. The Balaban J connectivity index is 1.49. The van der Waals surface area contributed by atoms with Crippen molar-refractivity contribution >= 4 is 5.91 Å². The Bertz CT molecular complexity index is 952. The standard InChI is InChI=1S/C22H26N2O4/c1-3-23-10-7-17(12-20(23)25)21(26)24-9-4-8-22(2,14-24)13-16-5-6-18-19(11-16)28-15-27-18/h5-7,10-12H,3-4,8-9,13-15H2,1-2H3/t22-/m1/s1. The first-order valence-electron chi connectivity index (χ1n) is 9.86. The van der Waals surface area contributed by atoms with E-state index in [0.29, 0.717) is 18.7 Å². The molecule has 1 aromatic carbocycles. The van der Waals surface area contributed by atoms with Crippen LogP contribution in [0, 0.1) is 5.41 Å². The molecule has 3 heterocycles. The molecular formula is C22H26N2O4. The van der Waals surface area contributed by atoms with Gasteiger partial charge in [0.25, 0.3) is 11.5 Å². The van der Waals surface area contributed by atoms with E-state index in [4.69, 9.17) is 9.47 Å². The maximum atomic E-state index is 13.0. The van der Waals surface area contributed by atoms with Gasteiger partial charge in [-0.1, -0.05) is 13.0 Å². The highest BCUT2D eigenvalue weighted by Crippen LogP contribution is 2.37. The molecule has 0 spiro atoms. The van der Waals surface area contributed by atoms with Crippen LogP contribution in [0.15, 0.2) is 41.3 Å². The topological polar surface area (TPSA) is 60.8 Å². The van der Waals surface area contributed by atoms with Gasteiger partial charge < -0.3 is 18.9 Å². The predicted octanol–water partition coefficient (Wildman–Crippen LogP) is 3.08. The van der Waals surface area contributed by atoms with E-state index in [1.165, 1.54) is 11.6 Å². The number of likely N-dealkylation sites (tertiary alicyclic amines) is 1. The molecule has 6 nitrogen and oxygen atoms in total. The summed E-state index contributed by atoms with van der Waals surface area (Å²) in [5.41, 5.74) is 1.52. The quantitative estimate of drug-likeness (QED) is 0.815. The molecule has 0 unspecified atom stereocenters. The fourth-order valence-electron chi connectivity index (χ4n) is 4.26. The second kappa shape index (κ2) is 7.34. The molecular weight excluding hydrogens is 356 g/mol. The molecule has 2 aliphatic rings. The fourth-order valence-corrected chi connectivity index (χ4v) is 4.26. The Morgan fingerprint density at radius 3 is 2.79 bits per heavy atom. The molecule has 4 rings (SSSR count). The smallest absolute Gasteiger partial charge is 0.254 e. The molecule has 2 aliphatic heterocycles. The summed E-state index contributed by atoms with van der Waals surface area (Å²) < 4.78 is 12.5. The average Bonchev–Trinajstić information content (AvgIpc) is 3.15. The van der Waals surface area contributed by atoms with Crippen molar-refractivity contribution in [1.29, 1.82) is 0 Å². The van der Waals surface area contributed by atoms with Crippen LogP contribution in [0.1, 0.15) is 42.6 Å². The number of hydrogen-bond acceptors (Lipinski definition) is 4. The van der Waals surface area contributed by atoms with Crippen LogP contribution >= 0.6 is 0 Å². The first-order chi connectivity index (χ1) is 13.5. The number of carbonyl (C=O) groups excluding carboxylic acids is 1. The van der Waals surface area contributed by atoms with E-state index in [2.05, 4.69) is 13.0 Å². The first-order valence-corrected chi connectivity index (χ1v) is 9.86. The fraction of sp³-hybridized carbons (Fsp3) is 0.455. The molecule has 6 heteroatoms. The largest absolute Gasteiger partial charge is 0.454 e. The lowest BCUT2D eigenvalue weighted by molar-refractivity contribution is 0.0550. The lowest BCUT2D eigenvalue weighted by Crippen LogP contribution is -2.46. The molecule has 2 aromatic rings. The Labute approximate surface area is 164 Å². The van der Waals surface area contributed by atoms with Gasteiger partial charge >= 0.3 is 0 Å². The normalized spacial score (nSPS) is 21.0. The van der Waals surface area contributed by atoms with Crippen LogP contribution < -0.4 is 15.0 Å². The average molecular weight is 382 g/mol. The maximum Gasteiger partial charge on any atom is 0.254 e. The molecule has 1 aromatic heterocycles. The van der Waals surface area contributed by atoms with E-state index < -0.39 is 0 Å². The Hall–Kier alpha value is -2.76. The minimum atomic E-state index is -0.131. The molecule has 1 atom stereocenters. The van der Waals surface area contributed by atoms with Crippen molar-refractivity contribution in [2.24, 2.45) is 5.41 Å². The number of nitrogens with zero attached hydrogens (tertiary/aromatic N) is 2. The van der Waals surface area contributed by atoms with Gasteiger partial charge in [0, 0.05) is 37.5 Å². The Kier molecular flexibility index (Phi) is 4.87. The zero-order valence-electron chi connectivity index (χ0n) is 16.4. The molecule has 0 saturated carbocycles. The number of fused-ring (bicyclic) bond motifs is 1.